The van der Waals surface area contributed by atoms with Crippen LogP contribution in [0, 0.1) is 6.92 Å². The van der Waals surface area contributed by atoms with Gasteiger partial charge < -0.3 is 9.73 Å². The number of likely N-dealkylation sites (tertiary alicyclic amines) is 1. The fraction of sp³-hybridized carbons (Fsp3) is 0.400. The molecular formula is C20H22N6O3S. The number of furan rings is 1. The van der Waals surface area contributed by atoms with E-state index in [0.29, 0.717) is 22.8 Å². The molecule has 30 heavy (non-hydrogen) atoms. The third-order valence-electron chi connectivity index (χ3n) is 5.75. The molecule has 9 nitrogen and oxygen atoms in total. The first-order valence-corrected chi connectivity index (χ1v) is 10.8. The molecule has 10 heteroatoms. The first kappa shape index (κ1) is 19.0. The monoisotopic (exact) mass is 426 g/mol. The van der Waals surface area contributed by atoms with Crippen molar-refractivity contribution in [2.24, 2.45) is 7.05 Å². The lowest BCUT2D eigenvalue weighted by molar-refractivity contribution is 0.0879. The first-order valence-electron chi connectivity index (χ1n) is 9.90. The van der Waals surface area contributed by atoms with Gasteiger partial charge in [0.25, 0.3) is 11.5 Å². The Hall–Kier alpha value is -2.98. The van der Waals surface area contributed by atoms with Crippen molar-refractivity contribution in [2.45, 2.75) is 32.4 Å². The SMILES string of the molecule is Cc1ccoc1C(=O)NC1CCN(Cc2nnc3n(C)c(=O)c4sccc4n23)CC1. The van der Waals surface area contributed by atoms with Gasteiger partial charge in [-0.1, -0.05) is 0 Å². The molecule has 0 radical (unpaired) electrons. The maximum atomic E-state index is 12.5. The standard InChI is InChI=1S/C20H22N6O3S/c1-12-5-9-29-16(12)18(27)21-13-3-7-25(8-4-13)11-15-22-23-20-24(2)19(28)17-14(26(15)20)6-10-30-17/h5-6,9-10,13H,3-4,7-8,11H2,1-2H3,(H,21,27). The molecule has 4 aromatic rings. The van der Waals surface area contributed by atoms with Crippen molar-refractivity contribution >= 4 is 33.2 Å². The van der Waals surface area contributed by atoms with Gasteiger partial charge in [-0.05, 0) is 37.3 Å². The summed E-state index contributed by atoms with van der Waals surface area (Å²) < 4.78 is 9.51. The zero-order valence-electron chi connectivity index (χ0n) is 16.8. The van der Waals surface area contributed by atoms with Gasteiger partial charge in [0.05, 0.1) is 18.3 Å². The Bertz CT molecular complexity index is 1290. The van der Waals surface area contributed by atoms with E-state index >= 15 is 0 Å². The molecule has 4 aromatic heterocycles. The summed E-state index contributed by atoms with van der Waals surface area (Å²) in [5.74, 6) is 1.60. The van der Waals surface area contributed by atoms with Crippen LogP contribution in [0.25, 0.3) is 16.0 Å². The molecule has 1 aliphatic heterocycles. The van der Waals surface area contributed by atoms with E-state index in [-0.39, 0.29) is 17.5 Å². The lowest BCUT2D eigenvalue weighted by atomic mass is 10.0. The molecule has 0 saturated carbocycles. The van der Waals surface area contributed by atoms with E-state index in [2.05, 4.69) is 20.4 Å². The van der Waals surface area contributed by atoms with Crippen LogP contribution in [0.2, 0.25) is 0 Å². The lowest BCUT2D eigenvalue weighted by Gasteiger charge is -2.31. The van der Waals surface area contributed by atoms with Gasteiger partial charge in [0.15, 0.2) is 11.6 Å². The predicted octanol–water partition coefficient (Wildman–Crippen LogP) is 1.94. The Morgan fingerprint density at radius 1 is 1.30 bits per heavy atom. The molecule has 0 unspecified atom stereocenters. The molecule has 5 heterocycles. The second-order valence-corrected chi connectivity index (χ2v) is 8.62. The largest absolute Gasteiger partial charge is 0.459 e. The Kier molecular flexibility index (Phi) is 4.67. The summed E-state index contributed by atoms with van der Waals surface area (Å²) >= 11 is 1.44. The Labute approximate surface area is 175 Å². The van der Waals surface area contributed by atoms with Gasteiger partial charge in [0, 0.05) is 31.7 Å². The maximum Gasteiger partial charge on any atom is 0.287 e. The van der Waals surface area contributed by atoms with Gasteiger partial charge in [-0.15, -0.1) is 21.5 Å². The molecule has 0 spiro atoms. The highest BCUT2D eigenvalue weighted by molar-refractivity contribution is 7.17. The number of aromatic nitrogens is 4. The second kappa shape index (κ2) is 7.37. The molecule has 0 atom stereocenters. The Morgan fingerprint density at radius 3 is 2.83 bits per heavy atom. The maximum absolute atomic E-state index is 12.5. The van der Waals surface area contributed by atoms with Crippen LogP contribution in [0.15, 0.2) is 33.0 Å². The van der Waals surface area contributed by atoms with Crippen molar-refractivity contribution in [3.8, 4) is 0 Å². The number of rotatable bonds is 4. The number of amides is 1. The van der Waals surface area contributed by atoms with Crippen LogP contribution in [0.1, 0.15) is 34.8 Å². The summed E-state index contributed by atoms with van der Waals surface area (Å²) in [5, 5.41) is 13.6. The van der Waals surface area contributed by atoms with Crippen LogP contribution in [-0.2, 0) is 13.6 Å². The summed E-state index contributed by atoms with van der Waals surface area (Å²) in [6.45, 7) is 4.19. The average molecular weight is 427 g/mol. The summed E-state index contributed by atoms with van der Waals surface area (Å²) in [7, 11) is 1.73. The number of fused-ring (bicyclic) bond motifs is 3. The highest BCUT2D eigenvalue weighted by Gasteiger charge is 2.24. The van der Waals surface area contributed by atoms with Crippen molar-refractivity contribution in [3.05, 3.63) is 51.3 Å². The number of hydrogen-bond donors (Lipinski definition) is 1. The van der Waals surface area contributed by atoms with E-state index in [0.717, 1.165) is 42.8 Å². The number of nitrogens with zero attached hydrogens (tertiary/aromatic N) is 5. The minimum atomic E-state index is -0.153. The van der Waals surface area contributed by atoms with Gasteiger partial charge >= 0.3 is 0 Å². The number of carbonyl (C=O) groups excluding carboxylic acids is 1. The van der Waals surface area contributed by atoms with Crippen LogP contribution in [0.3, 0.4) is 0 Å². The van der Waals surface area contributed by atoms with E-state index in [1.807, 2.05) is 22.8 Å². The minimum Gasteiger partial charge on any atom is -0.459 e. The van der Waals surface area contributed by atoms with Crippen molar-refractivity contribution < 1.29 is 9.21 Å². The van der Waals surface area contributed by atoms with Crippen molar-refractivity contribution in [3.63, 3.8) is 0 Å². The van der Waals surface area contributed by atoms with Gasteiger partial charge in [-0.3, -0.25) is 23.5 Å². The van der Waals surface area contributed by atoms with E-state index in [1.165, 1.54) is 17.6 Å². The fourth-order valence-electron chi connectivity index (χ4n) is 4.05. The number of nitrogens with one attached hydrogen (secondary N) is 1. The lowest BCUT2D eigenvalue weighted by Crippen LogP contribution is -2.44. The van der Waals surface area contributed by atoms with Crippen molar-refractivity contribution in [1.29, 1.82) is 0 Å². The van der Waals surface area contributed by atoms with E-state index < -0.39 is 0 Å². The minimum absolute atomic E-state index is 0.0465. The van der Waals surface area contributed by atoms with Crippen LogP contribution >= 0.6 is 11.3 Å². The summed E-state index contributed by atoms with van der Waals surface area (Å²) in [6, 6.07) is 3.86. The first-order chi connectivity index (χ1) is 14.5. The molecule has 1 amide bonds. The number of hydrogen-bond acceptors (Lipinski definition) is 7. The molecule has 0 aromatic carbocycles. The van der Waals surface area contributed by atoms with Gasteiger partial charge in [-0.2, -0.15) is 0 Å². The normalized spacial score (nSPS) is 15.9. The highest BCUT2D eigenvalue weighted by Crippen LogP contribution is 2.21. The molecule has 0 bridgehead atoms. The summed E-state index contributed by atoms with van der Waals surface area (Å²) in [5.41, 5.74) is 1.65. The van der Waals surface area contributed by atoms with Crippen LogP contribution in [0.5, 0.6) is 0 Å². The molecular weight excluding hydrogens is 404 g/mol. The van der Waals surface area contributed by atoms with Crippen LogP contribution < -0.4 is 10.9 Å². The smallest absolute Gasteiger partial charge is 0.287 e. The third-order valence-corrected chi connectivity index (χ3v) is 6.64. The Morgan fingerprint density at radius 2 is 2.10 bits per heavy atom. The summed E-state index contributed by atoms with van der Waals surface area (Å²) in [4.78, 5) is 27.2. The highest BCUT2D eigenvalue weighted by atomic mass is 32.1. The van der Waals surface area contributed by atoms with Gasteiger partial charge in [0.2, 0.25) is 5.78 Å². The number of piperidine rings is 1. The molecule has 1 saturated heterocycles. The van der Waals surface area contributed by atoms with Crippen LogP contribution in [0.4, 0.5) is 0 Å². The molecule has 5 rings (SSSR count). The van der Waals surface area contributed by atoms with Gasteiger partial charge in [0.1, 0.15) is 4.70 Å². The quantitative estimate of drug-likeness (QED) is 0.536. The third kappa shape index (κ3) is 3.12. The number of aryl methyl sites for hydroxylation is 2. The summed E-state index contributed by atoms with van der Waals surface area (Å²) in [6.07, 6.45) is 3.25. The zero-order chi connectivity index (χ0) is 20.8. The van der Waals surface area contributed by atoms with Gasteiger partial charge in [-0.25, -0.2) is 0 Å². The molecule has 156 valence electrons. The second-order valence-electron chi connectivity index (χ2n) is 7.71. The Balaban J connectivity index is 1.29. The van der Waals surface area contributed by atoms with Crippen molar-refractivity contribution in [1.82, 2.24) is 29.4 Å². The van der Waals surface area contributed by atoms with E-state index in [4.69, 9.17) is 4.42 Å². The topological polar surface area (TPSA) is 97.7 Å². The molecule has 0 aliphatic carbocycles. The molecule has 1 N–H and O–H groups in total. The average Bonchev–Trinajstić information content (AvgIpc) is 3.47. The molecule has 1 aliphatic rings. The zero-order valence-corrected chi connectivity index (χ0v) is 17.6. The predicted molar refractivity (Wildman–Crippen MR) is 113 cm³/mol. The number of thiophene rings is 1. The van der Waals surface area contributed by atoms with E-state index in [9.17, 15) is 9.59 Å². The molecule has 1 fully saturated rings. The van der Waals surface area contributed by atoms with E-state index in [1.54, 1.807) is 17.7 Å². The fourth-order valence-corrected chi connectivity index (χ4v) is 4.90. The van der Waals surface area contributed by atoms with Crippen LogP contribution in [-0.4, -0.2) is 49.1 Å². The van der Waals surface area contributed by atoms with Crippen molar-refractivity contribution in [2.75, 3.05) is 13.1 Å². The number of carbonyl (C=O) groups is 1.